The number of aromatic nitrogens is 1. The van der Waals surface area contributed by atoms with E-state index in [-0.39, 0.29) is 12.6 Å². The molecule has 1 aromatic rings. The van der Waals surface area contributed by atoms with Gasteiger partial charge in [0.05, 0.1) is 18.2 Å². The summed E-state index contributed by atoms with van der Waals surface area (Å²) in [7, 11) is 0. The molecule has 0 fully saturated rings. The monoisotopic (exact) mass is 258 g/mol. The number of amides is 1. The summed E-state index contributed by atoms with van der Waals surface area (Å²) in [5.74, 6) is 0. The molecule has 1 rings (SSSR count). The van der Waals surface area contributed by atoms with Crippen LogP contribution in [-0.4, -0.2) is 34.4 Å². The molecule has 0 aliphatic carbocycles. The molecule has 1 aromatic heterocycles. The molecule has 1 amide bonds. The van der Waals surface area contributed by atoms with Gasteiger partial charge < -0.3 is 15.2 Å². The first-order valence-electron chi connectivity index (χ1n) is 5.38. The van der Waals surface area contributed by atoms with Crippen molar-refractivity contribution >= 4 is 17.4 Å². The van der Waals surface area contributed by atoms with Crippen molar-refractivity contribution < 1.29 is 14.6 Å². The van der Waals surface area contributed by atoms with Crippen molar-refractivity contribution in [2.45, 2.75) is 38.8 Å². The third kappa shape index (κ3) is 5.65. The van der Waals surface area contributed by atoms with Crippen LogP contribution in [-0.2, 0) is 11.2 Å². The highest BCUT2D eigenvalue weighted by Crippen LogP contribution is 2.10. The predicted octanol–water partition coefficient (Wildman–Crippen LogP) is 1.57. The van der Waals surface area contributed by atoms with Crippen LogP contribution in [0.2, 0.25) is 0 Å². The molecule has 0 saturated heterocycles. The molecule has 2 N–H and O–H groups in total. The van der Waals surface area contributed by atoms with Gasteiger partial charge in [-0.25, -0.2) is 4.79 Å². The molecule has 0 radical (unpaired) electrons. The maximum Gasteiger partial charge on any atom is 0.407 e. The van der Waals surface area contributed by atoms with E-state index in [9.17, 15) is 9.90 Å². The Labute approximate surface area is 105 Å². The molecule has 0 aliphatic rings. The number of carbonyl (C=O) groups excluding carboxylic acids is 1. The number of ether oxygens (including phenoxy) is 1. The van der Waals surface area contributed by atoms with Crippen molar-refractivity contribution in [3.05, 3.63) is 16.6 Å². The minimum Gasteiger partial charge on any atom is -0.444 e. The molecular formula is C11H18N2O3S. The third-order valence-electron chi connectivity index (χ3n) is 1.87. The van der Waals surface area contributed by atoms with Gasteiger partial charge in [0.2, 0.25) is 0 Å². The first-order valence-corrected chi connectivity index (χ1v) is 6.26. The fourth-order valence-electron chi connectivity index (χ4n) is 1.22. The molecule has 5 nitrogen and oxygen atoms in total. The standard InChI is InChI=1S/C11H18N2O3S/c1-11(2,3)16-10(15)13-8(6-14)4-9-5-12-7-17-9/h5,7-8,14H,4,6H2,1-3H3,(H,13,15)/t8-/m1/s1. The third-order valence-corrected chi connectivity index (χ3v) is 2.67. The summed E-state index contributed by atoms with van der Waals surface area (Å²) in [5.41, 5.74) is 1.19. The molecule has 17 heavy (non-hydrogen) atoms. The van der Waals surface area contributed by atoms with E-state index in [0.29, 0.717) is 6.42 Å². The second-order valence-electron chi connectivity index (χ2n) is 4.70. The molecule has 0 bridgehead atoms. The Bertz CT molecular complexity index is 346. The molecule has 96 valence electrons. The topological polar surface area (TPSA) is 71.5 Å². The average Bonchev–Trinajstić information content (AvgIpc) is 2.66. The zero-order valence-corrected chi connectivity index (χ0v) is 11.1. The van der Waals surface area contributed by atoms with Crippen LogP contribution in [0.25, 0.3) is 0 Å². The van der Waals surface area contributed by atoms with E-state index in [0.717, 1.165) is 4.88 Å². The number of thiazole rings is 1. The summed E-state index contributed by atoms with van der Waals surface area (Å²) in [6.45, 7) is 5.26. The van der Waals surface area contributed by atoms with Crippen molar-refractivity contribution in [3.8, 4) is 0 Å². The summed E-state index contributed by atoms with van der Waals surface area (Å²) in [6.07, 6.45) is 1.77. The average molecular weight is 258 g/mol. The number of nitrogens with one attached hydrogen (secondary N) is 1. The van der Waals surface area contributed by atoms with Crippen LogP contribution in [0, 0.1) is 0 Å². The fourth-order valence-corrected chi connectivity index (χ4v) is 1.90. The summed E-state index contributed by atoms with van der Waals surface area (Å²) in [5, 5.41) is 11.8. The van der Waals surface area contributed by atoms with E-state index in [1.165, 1.54) is 11.3 Å². The second-order valence-corrected chi connectivity index (χ2v) is 5.67. The molecule has 0 aromatic carbocycles. The van der Waals surface area contributed by atoms with E-state index in [2.05, 4.69) is 10.3 Å². The van der Waals surface area contributed by atoms with Crippen LogP contribution >= 0.6 is 11.3 Å². The maximum atomic E-state index is 11.5. The lowest BCUT2D eigenvalue weighted by molar-refractivity contribution is 0.0483. The number of alkyl carbamates (subject to hydrolysis) is 1. The van der Waals surface area contributed by atoms with Gasteiger partial charge in [-0.15, -0.1) is 11.3 Å². The van der Waals surface area contributed by atoms with Crippen LogP contribution in [0.1, 0.15) is 25.6 Å². The molecule has 1 atom stereocenters. The zero-order chi connectivity index (χ0) is 12.9. The molecular weight excluding hydrogens is 240 g/mol. The van der Waals surface area contributed by atoms with Gasteiger partial charge in [-0.05, 0) is 20.8 Å². The maximum absolute atomic E-state index is 11.5. The van der Waals surface area contributed by atoms with Gasteiger partial charge >= 0.3 is 6.09 Å². The number of rotatable bonds is 4. The Morgan fingerprint density at radius 1 is 1.65 bits per heavy atom. The summed E-state index contributed by atoms with van der Waals surface area (Å²) in [6, 6.07) is -0.342. The molecule has 0 unspecified atom stereocenters. The molecule has 0 saturated carbocycles. The van der Waals surface area contributed by atoms with E-state index in [4.69, 9.17) is 4.74 Å². The van der Waals surface area contributed by atoms with Crippen molar-refractivity contribution in [1.29, 1.82) is 0 Å². The number of hydrogen-bond acceptors (Lipinski definition) is 5. The van der Waals surface area contributed by atoms with Crippen LogP contribution in [0.3, 0.4) is 0 Å². The van der Waals surface area contributed by atoms with Crippen molar-refractivity contribution in [3.63, 3.8) is 0 Å². The summed E-state index contributed by atoms with van der Waals surface area (Å²) in [4.78, 5) is 16.5. The van der Waals surface area contributed by atoms with E-state index in [1.807, 2.05) is 0 Å². The fraction of sp³-hybridized carbons (Fsp3) is 0.636. The van der Waals surface area contributed by atoms with Gasteiger partial charge in [-0.2, -0.15) is 0 Å². The Morgan fingerprint density at radius 3 is 2.82 bits per heavy atom. The Kier molecular flexibility index (Phi) is 4.89. The van der Waals surface area contributed by atoms with E-state index < -0.39 is 11.7 Å². The van der Waals surface area contributed by atoms with Gasteiger partial charge in [0.15, 0.2) is 0 Å². The Balaban J connectivity index is 2.44. The van der Waals surface area contributed by atoms with Crippen molar-refractivity contribution in [1.82, 2.24) is 10.3 Å². The highest BCUT2D eigenvalue weighted by atomic mass is 32.1. The highest BCUT2D eigenvalue weighted by Gasteiger charge is 2.19. The normalized spacial score (nSPS) is 13.2. The van der Waals surface area contributed by atoms with Crippen LogP contribution < -0.4 is 5.32 Å². The van der Waals surface area contributed by atoms with Crippen molar-refractivity contribution in [2.75, 3.05) is 6.61 Å². The lowest BCUT2D eigenvalue weighted by atomic mass is 10.2. The predicted molar refractivity (Wildman–Crippen MR) is 66.1 cm³/mol. The van der Waals surface area contributed by atoms with Gasteiger partial charge in [0, 0.05) is 17.5 Å². The van der Waals surface area contributed by atoms with Crippen molar-refractivity contribution in [2.24, 2.45) is 0 Å². The molecule has 0 spiro atoms. The summed E-state index contributed by atoms with van der Waals surface area (Å²) < 4.78 is 5.12. The quantitative estimate of drug-likeness (QED) is 0.860. The largest absolute Gasteiger partial charge is 0.444 e. The number of aliphatic hydroxyl groups excluding tert-OH is 1. The minimum atomic E-state index is -0.533. The van der Waals surface area contributed by atoms with Crippen LogP contribution in [0.5, 0.6) is 0 Å². The lowest BCUT2D eigenvalue weighted by Crippen LogP contribution is -2.42. The highest BCUT2D eigenvalue weighted by molar-refractivity contribution is 7.09. The Hall–Kier alpha value is -1.14. The van der Waals surface area contributed by atoms with Crippen LogP contribution in [0.4, 0.5) is 4.79 Å². The lowest BCUT2D eigenvalue weighted by Gasteiger charge is -2.22. The number of nitrogens with zero attached hydrogens (tertiary/aromatic N) is 1. The van der Waals surface area contributed by atoms with E-state index in [1.54, 1.807) is 32.5 Å². The smallest absolute Gasteiger partial charge is 0.407 e. The van der Waals surface area contributed by atoms with Gasteiger partial charge in [0.1, 0.15) is 5.60 Å². The van der Waals surface area contributed by atoms with Gasteiger partial charge in [-0.1, -0.05) is 0 Å². The summed E-state index contributed by atoms with van der Waals surface area (Å²) >= 11 is 1.49. The van der Waals surface area contributed by atoms with Gasteiger partial charge in [0.25, 0.3) is 0 Å². The molecule has 1 heterocycles. The van der Waals surface area contributed by atoms with Gasteiger partial charge in [-0.3, -0.25) is 4.98 Å². The number of aliphatic hydroxyl groups is 1. The first kappa shape index (κ1) is 13.9. The second kappa shape index (κ2) is 5.97. The number of hydrogen-bond donors (Lipinski definition) is 2. The first-order chi connectivity index (χ1) is 7.90. The number of carbonyl (C=O) groups is 1. The molecule has 6 heteroatoms. The van der Waals surface area contributed by atoms with E-state index >= 15 is 0 Å². The SMILES string of the molecule is CC(C)(C)OC(=O)N[C@@H](CO)Cc1cncs1. The zero-order valence-electron chi connectivity index (χ0n) is 10.3. The molecule has 0 aliphatic heterocycles. The Morgan fingerprint density at radius 2 is 2.35 bits per heavy atom. The minimum absolute atomic E-state index is 0.128. The van der Waals surface area contributed by atoms with Crippen LogP contribution in [0.15, 0.2) is 11.7 Å².